The molecule has 1 aromatic rings. The van der Waals surface area contributed by atoms with Gasteiger partial charge in [-0.05, 0) is 38.8 Å². The van der Waals surface area contributed by atoms with Crippen LogP contribution in [-0.2, 0) is 4.74 Å². The van der Waals surface area contributed by atoms with Crippen molar-refractivity contribution in [2.45, 2.75) is 19.8 Å². The number of carbonyl (C=O) groups is 1. The molecule has 1 aromatic heterocycles. The summed E-state index contributed by atoms with van der Waals surface area (Å²) in [7, 11) is 1.35. The average molecular weight is 278 g/mol. The van der Waals surface area contributed by atoms with Crippen LogP contribution in [0, 0.1) is 5.92 Å². The van der Waals surface area contributed by atoms with Crippen LogP contribution in [0.25, 0.3) is 0 Å². The molecule has 6 heteroatoms. The molecule has 2 heterocycles. The summed E-state index contributed by atoms with van der Waals surface area (Å²) in [5, 5.41) is 3.37. The highest BCUT2D eigenvalue weighted by Gasteiger charge is 2.18. The third kappa shape index (κ3) is 3.66. The fourth-order valence-corrected chi connectivity index (χ4v) is 2.47. The fourth-order valence-electron chi connectivity index (χ4n) is 2.47. The Bertz CT molecular complexity index is 447. The Labute approximate surface area is 119 Å². The molecule has 0 unspecified atom stereocenters. The van der Waals surface area contributed by atoms with Gasteiger partial charge in [-0.3, -0.25) is 4.98 Å². The SMILES string of the molecule is CCN(CC1CCNCC1)c1cncc(C(=O)OC)n1. The first-order chi connectivity index (χ1) is 9.74. The van der Waals surface area contributed by atoms with Crippen LogP contribution in [-0.4, -0.2) is 49.2 Å². The molecule has 1 aliphatic rings. The van der Waals surface area contributed by atoms with E-state index in [-0.39, 0.29) is 5.69 Å². The van der Waals surface area contributed by atoms with Gasteiger partial charge in [0.25, 0.3) is 0 Å². The number of esters is 1. The average Bonchev–Trinajstić information content (AvgIpc) is 2.53. The second kappa shape index (κ2) is 7.19. The third-order valence-corrected chi connectivity index (χ3v) is 3.66. The second-order valence-corrected chi connectivity index (χ2v) is 4.99. The van der Waals surface area contributed by atoms with E-state index in [1.54, 1.807) is 6.20 Å². The topological polar surface area (TPSA) is 67.4 Å². The molecule has 1 fully saturated rings. The van der Waals surface area contributed by atoms with Crippen molar-refractivity contribution in [1.29, 1.82) is 0 Å². The van der Waals surface area contributed by atoms with Gasteiger partial charge in [-0.15, -0.1) is 0 Å². The van der Waals surface area contributed by atoms with Crippen molar-refractivity contribution < 1.29 is 9.53 Å². The number of aromatic nitrogens is 2. The number of methoxy groups -OCH3 is 1. The predicted octanol–water partition coefficient (Wildman–Crippen LogP) is 1.09. The molecule has 0 bridgehead atoms. The van der Waals surface area contributed by atoms with Crippen molar-refractivity contribution in [2.75, 3.05) is 38.2 Å². The first kappa shape index (κ1) is 14.7. The van der Waals surface area contributed by atoms with Crippen molar-refractivity contribution in [2.24, 2.45) is 5.92 Å². The molecule has 1 aliphatic heterocycles. The summed E-state index contributed by atoms with van der Waals surface area (Å²) < 4.78 is 4.69. The van der Waals surface area contributed by atoms with E-state index in [0.717, 1.165) is 32.0 Å². The molecular formula is C14H22N4O2. The van der Waals surface area contributed by atoms with Gasteiger partial charge in [0, 0.05) is 13.1 Å². The van der Waals surface area contributed by atoms with Gasteiger partial charge in [-0.25, -0.2) is 9.78 Å². The van der Waals surface area contributed by atoms with E-state index in [0.29, 0.717) is 5.92 Å². The first-order valence-electron chi connectivity index (χ1n) is 7.10. The van der Waals surface area contributed by atoms with E-state index in [1.807, 2.05) is 0 Å². The number of nitrogens with one attached hydrogen (secondary N) is 1. The van der Waals surface area contributed by atoms with Crippen LogP contribution in [0.1, 0.15) is 30.3 Å². The van der Waals surface area contributed by atoms with Crippen LogP contribution in [0.2, 0.25) is 0 Å². The number of carbonyl (C=O) groups excluding carboxylic acids is 1. The number of nitrogens with zero attached hydrogens (tertiary/aromatic N) is 3. The van der Waals surface area contributed by atoms with Crippen LogP contribution >= 0.6 is 0 Å². The van der Waals surface area contributed by atoms with Gasteiger partial charge in [0.05, 0.1) is 19.5 Å². The zero-order valence-electron chi connectivity index (χ0n) is 12.1. The minimum absolute atomic E-state index is 0.258. The van der Waals surface area contributed by atoms with Crippen LogP contribution in [0.5, 0.6) is 0 Å². The minimum atomic E-state index is -0.447. The predicted molar refractivity (Wildman–Crippen MR) is 76.9 cm³/mol. The lowest BCUT2D eigenvalue weighted by Gasteiger charge is -2.30. The summed E-state index contributed by atoms with van der Waals surface area (Å²) >= 11 is 0. The molecule has 6 nitrogen and oxygen atoms in total. The Morgan fingerprint density at radius 1 is 1.45 bits per heavy atom. The monoisotopic (exact) mass is 278 g/mol. The van der Waals surface area contributed by atoms with Gasteiger partial charge < -0.3 is 15.0 Å². The molecule has 1 saturated heterocycles. The fraction of sp³-hybridized carbons (Fsp3) is 0.643. The third-order valence-electron chi connectivity index (χ3n) is 3.66. The summed E-state index contributed by atoms with van der Waals surface area (Å²) in [5.74, 6) is 0.964. The van der Waals surface area contributed by atoms with Crippen LogP contribution in [0.3, 0.4) is 0 Å². The van der Waals surface area contributed by atoms with E-state index < -0.39 is 5.97 Å². The number of ether oxygens (including phenoxy) is 1. The lowest BCUT2D eigenvalue weighted by atomic mass is 9.97. The molecular weight excluding hydrogens is 256 g/mol. The summed E-state index contributed by atoms with van der Waals surface area (Å²) in [5.41, 5.74) is 0.258. The van der Waals surface area contributed by atoms with Crippen molar-refractivity contribution in [1.82, 2.24) is 15.3 Å². The normalized spacial score (nSPS) is 15.9. The van der Waals surface area contributed by atoms with Crippen LogP contribution in [0.4, 0.5) is 5.82 Å². The maximum Gasteiger partial charge on any atom is 0.358 e. The molecule has 0 amide bonds. The molecule has 1 N–H and O–H groups in total. The van der Waals surface area contributed by atoms with Crippen molar-refractivity contribution in [3.63, 3.8) is 0 Å². The van der Waals surface area contributed by atoms with E-state index in [2.05, 4.69) is 31.8 Å². The Morgan fingerprint density at radius 3 is 2.85 bits per heavy atom. The summed E-state index contributed by atoms with van der Waals surface area (Å²) in [6.07, 6.45) is 5.51. The largest absolute Gasteiger partial charge is 0.464 e. The minimum Gasteiger partial charge on any atom is -0.464 e. The lowest BCUT2D eigenvalue weighted by Crippen LogP contribution is -2.36. The summed E-state index contributed by atoms with van der Waals surface area (Å²) in [4.78, 5) is 22.1. The van der Waals surface area contributed by atoms with Gasteiger partial charge in [-0.1, -0.05) is 0 Å². The zero-order chi connectivity index (χ0) is 14.4. The van der Waals surface area contributed by atoms with Crippen LogP contribution in [0.15, 0.2) is 12.4 Å². The highest BCUT2D eigenvalue weighted by atomic mass is 16.5. The first-order valence-corrected chi connectivity index (χ1v) is 7.10. The molecule has 0 aliphatic carbocycles. The summed E-state index contributed by atoms with van der Waals surface area (Å²) in [6, 6.07) is 0. The molecule has 0 saturated carbocycles. The Hall–Kier alpha value is -1.69. The van der Waals surface area contributed by atoms with E-state index in [9.17, 15) is 4.79 Å². The maximum atomic E-state index is 11.5. The maximum absolute atomic E-state index is 11.5. The number of hydrogen-bond donors (Lipinski definition) is 1. The smallest absolute Gasteiger partial charge is 0.358 e. The van der Waals surface area contributed by atoms with E-state index >= 15 is 0 Å². The van der Waals surface area contributed by atoms with Gasteiger partial charge in [0.2, 0.25) is 0 Å². The van der Waals surface area contributed by atoms with Gasteiger partial charge in [0.15, 0.2) is 5.69 Å². The van der Waals surface area contributed by atoms with Crippen molar-refractivity contribution in [3.05, 3.63) is 18.1 Å². The van der Waals surface area contributed by atoms with Crippen LogP contribution < -0.4 is 10.2 Å². The van der Waals surface area contributed by atoms with Crippen molar-refractivity contribution >= 4 is 11.8 Å². The number of hydrogen-bond acceptors (Lipinski definition) is 6. The zero-order valence-corrected chi connectivity index (χ0v) is 12.1. The number of anilines is 1. The molecule has 20 heavy (non-hydrogen) atoms. The standard InChI is InChI=1S/C14H22N4O2/c1-3-18(10-11-4-6-15-7-5-11)13-9-16-8-12(17-13)14(19)20-2/h8-9,11,15H,3-7,10H2,1-2H3. The van der Waals surface area contributed by atoms with Gasteiger partial charge in [0.1, 0.15) is 5.82 Å². The lowest BCUT2D eigenvalue weighted by molar-refractivity contribution is 0.0593. The van der Waals surface area contributed by atoms with Gasteiger partial charge in [-0.2, -0.15) is 0 Å². The van der Waals surface area contributed by atoms with Crippen molar-refractivity contribution in [3.8, 4) is 0 Å². The molecule has 0 spiro atoms. The Morgan fingerprint density at radius 2 is 2.20 bits per heavy atom. The van der Waals surface area contributed by atoms with E-state index in [1.165, 1.54) is 26.1 Å². The Kier molecular flexibility index (Phi) is 5.29. The number of piperidine rings is 1. The molecule has 0 atom stereocenters. The second-order valence-electron chi connectivity index (χ2n) is 4.99. The molecule has 110 valence electrons. The molecule has 0 radical (unpaired) electrons. The molecule has 0 aromatic carbocycles. The Balaban J connectivity index is 2.08. The highest BCUT2D eigenvalue weighted by molar-refractivity contribution is 5.87. The van der Waals surface area contributed by atoms with E-state index in [4.69, 9.17) is 0 Å². The van der Waals surface area contributed by atoms with Gasteiger partial charge >= 0.3 is 5.97 Å². The molecule has 2 rings (SSSR count). The summed E-state index contributed by atoms with van der Waals surface area (Å²) in [6.45, 7) is 6.06. The quantitative estimate of drug-likeness (QED) is 0.813. The number of rotatable bonds is 5. The highest BCUT2D eigenvalue weighted by Crippen LogP contribution is 2.17.